The molecule has 5 aliphatic rings. The molecule has 4 fully saturated rings. The van der Waals surface area contributed by atoms with Gasteiger partial charge in [-0.3, -0.25) is 0 Å². The first-order chi connectivity index (χ1) is 12.1. The van der Waals surface area contributed by atoms with Crippen molar-refractivity contribution in [2.24, 2.45) is 29.1 Å². The minimum absolute atomic E-state index is 0.227. The summed E-state index contributed by atoms with van der Waals surface area (Å²) < 4.78 is 12.6. The second-order valence-corrected chi connectivity index (χ2v) is 12.2. The van der Waals surface area contributed by atoms with Gasteiger partial charge in [0.15, 0.2) is 5.79 Å². The van der Waals surface area contributed by atoms with Crippen LogP contribution in [0, 0.1) is 29.1 Å². The third-order valence-electron chi connectivity index (χ3n) is 8.07. The van der Waals surface area contributed by atoms with Crippen molar-refractivity contribution in [2.45, 2.75) is 62.2 Å². The zero-order chi connectivity index (χ0) is 17.1. The van der Waals surface area contributed by atoms with E-state index >= 15 is 0 Å². The van der Waals surface area contributed by atoms with Gasteiger partial charge in [0.05, 0.1) is 17.3 Å². The second-order valence-electron chi connectivity index (χ2n) is 9.17. The fourth-order valence-corrected chi connectivity index (χ4v) is 10.5. The number of allylic oxidation sites excluding steroid dienone is 2. The van der Waals surface area contributed by atoms with Gasteiger partial charge in [-0.2, -0.15) is 0 Å². The Kier molecular flexibility index (Phi) is 4.32. The lowest BCUT2D eigenvalue weighted by molar-refractivity contribution is -0.219. The smallest absolute Gasteiger partial charge is 0.168 e. The van der Waals surface area contributed by atoms with Crippen LogP contribution in [0.2, 0.25) is 0 Å². The van der Waals surface area contributed by atoms with E-state index in [1.165, 1.54) is 37.2 Å². The van der Waals surface area contributed by atoms with Gasteiger partial charge in [-0.25, -0.2) is 0 Å². The Hall–Kier alpha value is 0.360. The first-order valence-corrected chi connectivity index (χ1v) is 12.3. The average molecular weight is 381 g/mol. The van der Waals surface area contributed by atoms with E-state index < -0.39 is 0 Å². The lowest BCUT2D eigenvalue weighted by atomic mass is 9.49. The molecule has 140 valence electrons. The van der Waals surface area contributed by atoms with Gasteiger partial charge in [-0.05, 0) is 66.3 Å². The molecule has 2 nitrogen and oxygen atoms in total. The van der Waals surface area contributed by atoms with Crippen LogP contribution in [0.4, 0.5) is 0 Å². The predicted molar refractivity (Wildman–Crippen MR) is 107 cm³/mol. The van der Waals surface area contributed by atoms with Gasteiger partial charge in [-0.1, -0.05) is 26.0 Å². The molecule has 4 heteroatoms. The average Bonchev–Trinajstić information content (AvgIpc) is 3.08. The Labute approximate surface area is 161 Å². The normalized spacial score (nSPS) is 47.6. The van der Waals surface area contributed by atoms with Crippen molar-refractivity contribution in [3.63, 3.8) is 0 Å². The standard InChI is InChI=1S/C21H32O2S2/c1-15-4-6-17-18(21(15)24-12-3-13-25-21)7-5-16-14-20(22-10-11-23-20)9-8-19(16,17)2/h4,6,15-18H,3,5,7-14H2,1-2H3/t15-,16-,17+,18-,19+/m1/s1. The highest BCUT2D eigenvalue weighted by molar-refractivity contribution is 8.18. The molecule has 0 amide bonds. The molecule has 0 aromatic carbocycles. The number of rotatable bonds is 0. The van der Waals surface area contributed by atoms with E-state index in [0.29, 0.717) is 15.4 Å². The molecule has 5 atom stereocenters. The molecule has 25 heavy (non-hydrogen) atoms. The first-order valence-electron chi connectivity index (χ1n) is 10.3. The van der Waals surface area contributed by atoms with Crippen molar-refractivity contribution in [1.29, 1.82) is 0 Å². The van der Waals surface area contributed by atoms with Gasteiger partial charge in [0, 0.05) is 12.8 Å². The van der Waals surface area contributed by atoms with E-state index in [-0.39, 0.29) is 5.79 Å². The van der Waals surface area contributed by atoms with Gasteiger partial charge in [0.1, 0.15) is 0 Å². The van der Waals surface area contributed by atoms with Crippen molar-refractivity contribution < 1.29 is 9.47 Å². The van der Waals surface area contributed by atoms with Crippen LogP contribution < -0.4 is 0 Å². The monoisotopic (exact) mass is 380 g/mol. The molecular formula is C21H32O2S2. The number of ether oxygens (including phenoxy) is 2. The number of hydrogen-bond acceptors (Lipinski definition) is 4. The van der Waals surface area contributed by atoms with Crippen LogP contribution in [0.1, 0.15) is 52.4 Å². The summed E-state index contributed by atoms with van der Waals surface area (Å²) >= 11 is 4.60. The summed E-state index contributed by atoms with van der Waals surface area (Å²) in [7, 11) is 0. The maximum atomic E-state index is 6.09. The Balaban J connectivity index is 1.45. The Bertz CT molecular complexity index is 550. The summed E-state index contributed by atoms with van der Waals surface area (Å²) in [5.74, 6) is 5.56. The molecule has 2 saturated carbocycles. The highest BCUT2D eigenvalue weighted by Crippen LogP contribution is 2.67. The summed E-state index contributed by atoms with van der Waals surface area (Å²) in [5, 5.41) is 0. The van der Waals surface area contributed by atoms with Crippen molar-refractivity contribution in [3.05, 3.63) is 12.2 Å². The molecular weight excluding hydrogens is 348 g/mol. The quantitative estimate of drug-likeness (QED) is 0.528. The van der Waals surface area contributed by atoms with E-state index in [4.69, 9.17) is 9.47 Å². The zero-order valence-corrected chi connectivity index (χ0v) is 17.3. The van der Waals surface area contributed by atoms with Crippen LogP contribution in [0.15, 0.2) is 12.2 Å². The van der Waals surface area contributed by atoms with E-state index in [2.05, 4.69) is 49.5 Å². The highest BCUT2D eigenvalue weighted by atomic mass is 32.2. The Morgan fingerprint density at radius 2 is 1.76 bits per heavy atom. The highest BCUT2D eigenvalue weighted by Gasteiger charge is 2.61. The Morgan fingerprint density at radius 3 is 2.52 bits per heavy atom. The van der Waals surface area contributed by atoms with E-state index in [0.717, 1.165) is 43.8 Å². The van der Waals surface area contributed by atoms with Gasteiger partial charge in [0.2, 0.25) is 0 Å². The third-order valence-corrected chi connectivity index (χ3v) is 12.0. The van der Waals surface area contributed by atoms with E-state index in [9.17, 15) is 0 Å². The number of fused-ring (bicyclic) bond motifs is 4. The summed E-state index contributed by atoms with van der Waals surface area (Å²) in [6, 6.07) is 0. The molecule has 2 spiro atoms. The van der Waals surface area contributed by atoms with Crippen LogP contribution in [-0.4, -0.2) is 34.6 Å². The molecule has 0 bridgehead atoms. The largest absolute Gasteiger partial charge is 0.348 e. The van der Waals surface area contributed by atoms with Crippen molar-refractivity contribution in [3.8, 4) is 0 Å². The lowest BCUT2D eigenvalue weighted by Crippen LogP contribution is -2.57. The van der Waals surface area contributed by atoms with Gasteiger partial charge < -0.3 is 9.47 Å². The molecule has 0 unspecified atom stereocenters. The summed E-state index contributed by atoms with van der Waals surface area (Å²) in [6.07, 6.45) is 12.9. The molecule has 0 N–H and O–H groups in total. The lowest BCUT2D eigenvalue weighted by Gasteiger charge is -2.62. The van der Waals surface area contributed by atoms with Crippen molar-refractivity contribution in [2.75, 3.05) is 24.7 Å². The second kappa shape index (κ2) is 6.18. The van der Waals surface area contributed by atoms with Crippen molar-refractivity contribution in [1.82, 2.24) is 0 Å². The first kappa shape index (κ1) is 17.5. The van der Waals surface area contributed by atoms with Crippen LogP contribution in [0.3, 0.4) is 0 Å². The summed E-state index contributed by atoms with van der Waals surface area (Å²) in [6.45, 7) is 6.66. The maximum Gasteiger partial charge on any atom is 0.168 e. The van der Waals surface area contributed by atoms with Crippen molar-refractivity contribution >= 4 is 23.5 Å². The predicted octanol–water partition coefficient (Wildman–Crippen LogP) is 5.33. The molecule has 2 saturated heterocycles. The van der Waals surface area contributed by atoms with Crippen LogP contribution in [0.5, 0.6) is 0 Å². The molecule has 2 aliphatic heterocycles. The van der Waals surface area contributed by atoms with E-state index in [1.807, 2.05) is 0 Å². The van der Waals surface area contributed by atoms with E-state index in [1.54, 1.807) is 0 Å². The molecule has 5 rings (SSSR count). The van der Waals surface area contributed by atoms with Crippen LogP contribution >= 0.6 is 23.5 Å². The molecule has 0 radical (unpaired) electrons. The molecule has 0 aromatic heterocycles. The maximum absolute atomic E-state index is 6.09. The van der Waals surface area contributed by atoms with Gasteiger partial charge in [-0.15, -0.1) is 23.5 Å². The number of hydrogen-bond donors (Lipinski definition) is 0. The molecule has 0 aromatic rings. The third kappa shape index (κ3) is 2.53. The Morgan fingerprint density at radius 1 is 1.00 bits per heavy atom. The van der Waals surface area contributed by atoms with Gasteiger partial charge in [0.25, 0.3) is 0 Å². The SMILES string of the molecule is C[C@@H]1C=C[C@H]2[C@@H](CC[C@@H]3CC4(CC[C@@]32C)OCCO4)C12SCCCS2. The number of thioether (sulfide) groups is 2. The fraction of sp³-hybridized carbons (Fsp3) is 0.905. The summed E-state index contributed by atoms with van der Waals surface area (Å²) in [4.78, 5) is 0. The van der Waals surface area contributed by atoms with Gasteiger partial charge >= 0.3 is 0 Å². The van der Waals surface area contributed by atoms with Crippen LogP contribution in [0.25, 0.3) is 0 Å². The molecule has 2 heterocycles. The minimum Gasteiger partial charge on any atom is -0.348 e. The summed E-state index contributed by atoms with van der Waals surface area (Å²) in [5.41, 5.74) is 0.436. The zero-order valence-electron chi connectivity index (χ0n) is 15.7. The minimum atomic E-state index is -0.227. The van der Waals surface area contributed by atoms with Crippen LogP contribution in [-0.2, 0) is 9.47 Å². The molecule has 3 aliphatic carbocycles. The topological polar surface area (TPSA) is 18.5 Å². The fourth-order valence-electron chi connectivity index (χ4n) is 6.63.